The van der Waals surface area contributed by atoms with E-state index in [4.69, 9.17) is 0 Å². The highest BCUT2D eigenvalue weighted by molar-refractivity contribution is 5.31. The first-order chi connectivity index (χ1) is 7.46. The standard InChI is InChI=1S/C14H26N2O/c1-9(2)16-11(14(6,7)8)10(12(17)15-16)13(3,4)5/h9H,1-8H3,(H,15,17). The quantitative estimate of drug-likeness (QED) is 0.800. The molecule has 0 atom stereocenters. The topological polar surface area (TPSA) is 37.8 Å². The molecule has 0 fully saturated rings. The van der Waals surface area contributed by atoms with Crippen LogP contribution in [0.1, 0.15) is 72.7 Å². The summed E-state index contributed by atoms with van der Waals surface area (Å²) in [5, 5.41) is 2.99. The maximum atomic E-state index is 12.2. The fraction of sp³-hybridized carbons (Fsp3) is 0.786. The van der Waals surface area contributed by atoms with Gasteiger partial charge in [0.2, 0.25) is 0 Å². The maximum absolute atomic E-state index is 12.2. The second-order valence-corrected chi connectivity index (χ2v) is 7.13. The first-order valence-corrected chi connectivity index (χ1v) is 6.31. The van der Waals surface area contributed by atoms with Gasteiger partial charge in [-0.2, -0.15) is 0 Å². The average Bonchev–Trinajstić information content (AvgIpc) is 2.40. The van der Waals surface area contributed by atoms with Crippen LogP contribution in [0.4, 0.5) is 0 Å². The van der Waals surface area contributed by atoms with E-state index in [2.05, 4.69) is 60.5 Å². The molecule has 0 spiro atoms. The van der Waals surface area contributed by atoms with Gasteiger partial charge >= 0.3 is 0 Å². The molecule has 0 radical (unpaired) electrons. The van der Waals surface area contributed by atoms with E-state index < -0.39 is 0 Å². The highest BCUT2D eigenvalue weighted by atomic mass is 16.1. The van der Waals surface area contributed by atoms with Gasteiger partial charge in [0.25, 0.3) is 5.56 Å². The molecule has 0 saturated carbocycles. The highest BCUT2D eigenvalue weighted by Crippen LogP contribution is 2.32. The zero-order valence-corrected chi connectivity index (χ0v) is 12.4. The lowest BCUT2D eigenvalue weighted by Gasteiger charge is -2.28. The van der Waals surface area contributed by atoms with Crippen LogP contribution in [-0.2, 0) is 10.8 Å². The molecule has 0 bridgehead atoms. The summed E-state index contributed by atoms with van der Waals surface area (Å²) in [5.41, 5.74) is 1.93. The van der Waals surface area contributed by atoms with Crippen LogP contribution in [0.3, 0.4) is 0 Å². The predicted octanol–water partition coefficient (Wildman–Crippen LogP) is 3.35. The number of aromatic amines is 1. The molecule has 98 valence electrons. The van der Waals surface area contributed by atoms with Crippen molar-refractivity contribution in [2.75, 3.05) is 0 Å². The lowest BCUT2D eigenvalue weighted by molar-refractivity contribution is 0.433. The Morgan fingerprint density at radius 2 is 1.47 bits per heavy atom. The van der Waals surface area contributed by atoms with E-state index in [1.165, 1.54) is 0 Å². The van der Waals surface area contributed by atoms with Gasteiger partial charge in [0, 0.05) is 22.7 Å². The Kier molecular flexibility index (Phi) is 3.34. The fourth-order valence-electron chi connectivity index (χ4n) is 2.27. The lowest BCUT2D eigenvalue weighted by atomic mass is 9.79. The Labute approximate surface area is 104 Å². The van der Waals surface area contributed by atoms with Crippen LogP contribution >= 0.6 is 0 Å². The summed E-state index contributed by atoms with van der Waals surface area (Å²) >= 11 is 0. The normalized spacial score (nSPS) is 13.5. The van der Waals surface area contributed by atoms with Crippen molar-refractivity contribution in [3.8, 4) is 0 Å². The Balaban J connectivity index is 3.67. The predicted molar refractivity (Wildman–Crippen MR) is 72.8 cm³/mol. The number of nitrogens with one attached hydrogen (secondary N) is 1. The summed E-state index contributed by atoms with van der Waals surface area (Å²) in [6, 6.07) is 0.271. The smallest absolute Gasteiger partial charge is 0.268 e. The van der Waals surface area contributed by atoms with Crippen LogP contribution < -0.4 is 5.56 Å². The zero-order chi connectivity index (χ0) is 13.6. The third kappa shape index (κ3) is 2.64. The van der Waals surface area contributed by atoms with Gasteiger partial charge in [-0.1, -0.05) is 41.5 Å². The van der Waals surface area contributed by atoms with Crippen molar-refractivity contribution in [3.05, 3.63) is 21.6 Å². The molecule has 1 aromatic rings. The van der Waals surface area contributed by atoms with Crippen LogP contribution in [0.2, 0.25) is 0 Å². The third-order valence-corrected chi connectivity index (χ3v) is 2.90. The molecule has 3 heteroatoms. The molecular weight excluding hydrogens is 212 g/mol. The zero-order valence-electron chi connectivity index (χ0n) is 12.4. The van der Waals surface area contributed by atoms with Gasteiger partial charge in [0.1, 0.15) is 0 Å². The summed E-state index contributed by atoms with van der Waals surface area (Å²) in [7, 11) is 0. The average molecular weight is 238 g/mol. The molecular formula is C14H26N2O. The molecule has 0 amide bonds. The summed E-state index contributed by atoms with van der Waals surface area (Å²) in [4.78, 5) is 12.2. The SMILES string of the molecule is CC(C)n1[nH]c(=O)c(C(C)(C)C)c1C(C)(C)C. The fourth-order valence-corrected chi connectivity index (χ4v) is 2.27. The van der Waals surface area contributed by atoms with E-state index in [1.54, 1.807) is 0 Å². The van der Waals surface area contributed by atoms with Gasteiger partial charge in [0.15, 0.2) is 0 Å². The molecule has 0 saturated heterocycles. The molecule has 3 nitrogen and oxygen atoms in total. The van der Waals surface area contributed by atoms with E-state index in [0.717, 1.165) is 11.3 Å². The third-order valence-electron chi connectivity index (χ3n) is 2.90. The van der Waals surface area contributed by atoms with Crippen molar-refractivity contribution in [2.24, 2.45) is 0 Å². The van der Waals surface area contributed by atoms with E-state index in [-0.39, 0.29) is 22.4 Å². The maximum Gasteiger partial charge on any atom is 0.268 e. The van der Waals surface area contributed by atoms with Crippen molar-refractivity contribution < 1.29 is 0 Å². The first kappa shape index (κ1) is 14.1. The number of nitrogens with zero attached hydrogens (tertiary/aromatic N) is 1. The summed E-state index contributed by atoms with van der Waals surface area (Å²) in [5.74, 6) is 0. The summed E-state index contributed by atoms with van der Waals surface area (Å²) in [6.07, 6.45) is 0. The second kappa shape index (κ2) is 4.04. The molecule has 0 unspecified atom stereocenters. The van der Waals surface area contributed by atoms with E-state index in [0.29, 0.717) is 0 Å². The number of aromatic nitrogens is 2. The molecule has 0 aromatic carbocycles. The minimum atomic E-state index is -0.129. The van der Waals surface area contributed by atoms with Gasteiger partial charge < -0.3 is 0 Å². The minimum Gasteiger partial charge on any atom is -0.286 e. The number of rotatable bonds is 1. The number of H-pyrrole nitrogens is 1. The molecule has 1 rings (SSSR count). The van der Waals surface area contributed by atoms with Gasteiger partial charge in [0.05, 0.1) is 0 Å². The van der Waals surface area contributed by atoms with Crippen molar-refractivity contribution in [3.63, 3.8) is 0 Å². The van der Waals surface area contributed by atoms with Crippen molar-refractivity contribution in [1.29, 1.82) is 0 Å². The van der Waals surface area contributed by atoms with E-state index in [1.807, 2.05) is 4.68 Å². The lowest BCUT2D eigenvalue weighted by Crippen LogP contribution is -2.27. The van der Waals surface area contributed by atoms with Gasteiger partial charge in [-0.3, -0.25) is 14.6 Å². The monoisotopic (exact) mass is 238 g/mol. The molecule has 0 aliphatic rings. The molecule has 0 aliphatic carbocycles. The second-order valence-electron chi connectivity index (χ2n) is 7.13. The van der Waals surface area contributed by atoms with Crippen LogP contribution in [0.5, 0.6) is 0 Å². The van der Waals surface area contributed by atoms with Crippen LogP contribution in [0, 0.1) is 0 Å². The minimum absolute atomic E-state index is 0.0357. The van der Waals surface area contributed by atoms with E-state index >= 15 is 0 Å². The Morgan fingerprint density at radius 3 is 1.76 bits per heavy atom. The highest BCUT2D eigenvalue weighted by Gasteiger charge is 2.32. The van der Waals surface area contributed by atoms with Gasteiger partial charge in [-0.05, 0) is 19.3 Å². The summed E-state index contributed by atoms with van der Waals surface area (Å²) in [6.45, 7) is 16.9. The van der Waals surface area contributed by atoms with Crippen LogP contribution in [-0.4, -0.2) is 9.78 Å². The van der Waals surface area contributed by atoms with Crippen LogP contribution in [0.25, 0.3) is 0 Å². The van der Waals surface area contributed by atoms with Crippen molar-refractivity contribution >= 4 is 0 Å². The van der Waals surface area contributed by atoms with Gasteiger partial charge in [-0.25, -0.2) is 0 Å². The molecule has 1 aromatic heterocycles. The van der Waals surface area contributed by atoms with Crippen molar-refractivity contribution in [2.45, 2.75) is 72.3 Å². The largest absolute Gasteiger partial charge is 0.286 e. The van der Waals surface area contributed by atoms with Gasteiger partial charge in [-0.15, -0.1) is 0 Å². The first-order valence-electron chi connectivity index (χ1n) is 6.31. The number of hydrogen-bond donors (Lipinski definition) is 1. The summed E-state index contributed by atoms with van der Waals surface area (Å²) < 4.78 is 2.02. The molecule has 0 aliphatic heterocycles. The molecule has 1 heterocycles. The Bertz CT molecular complexity index is 450. The number of hydrogen-bond acceptors (Lipinski definition) is 1. The Hall–Kier alpha value is -0.990. The Morgan fingerprint density at radius 1 is 1.00 bits per heavy atom. The molecule has 17 heavy (non-hydrogen) atoms. The van der Waals surface area contributed by atoms with Crippen molar-refractivity contribution in [1.82, 2.24) is 9.78 Å². The van der Waals surface area contributed by atoms with Crippen LogP contribution in [0.15, 0.2) is 4.79 Å². The molecule has 1 N–H and O–H groups in total. The van der Waals surface area contributed by atoms with E-state index in [9.17, 15) is 4.79 Å².